The minimum Gasteiger partial charge on any atom is -0.448 e. The van der Waals surface area contributed by atoms with Crippen LogP contribution in [0.25, 0.3) is 32.9 Å². The molecular formula is C30H30FN7O3. The number of hydrogen-bond acceptors (Lipinski definition) is 7. The topological polar surface area (TPSA) is 119 Å². The van der Waals surface area contributed by atoms with Gasteiger partial charge >= 0.3 is 6.09 Å². The second kappa shape index (κ2) is 11.5. The fourth-order valence-corrected chi connectivity index (χ4v) is 5.11. The van der Waals surface area contributed by atoms with Crippen LogP contribution in [0.2, 0.25) is 0 Å². The molecule has 3 N–H and O–H groups in total. The number of aromatic nitrogens is 4. The summed E-state index contributed by atoms with van der Waals surface area (Å²) in [6.45, 7) is 4.90. The van der Waals surface area contributed by atoms with Crippen molar-refractivity contribution in [2.24, 2.45) is 0 Å². The van der Waals surface area contributed by atoms with Crippen LogP contribution in [-0.4, -0.2) is 82.4 Å². The van der Waals surface area contributed by atoms with Crippen molar-refractivity contribution in [1.82, 2.24) is 30.0 Å². The molecule has 1 aliphatic rings. The SMILES string of the molecule is CN1CCN(CCOC(=O)Nc2nc3cc(-c4cc(Cc5n[nH]c(=O)c6ccccc56)ccc4F)ccc3[nH]2)CC1. The van der Waals surface area contributed by atoms with Crippen molar-refractivity contribution < 1.29 is 13.9 Å². The van der Waals surface area contributed by atoms with E-state index in [9.17, 15) is 14.0 Å². The van der Waals surface area contributed by atoms with E-state index in [4.69, 9.17) is 4.74 Å². The molecule has 0 saturated carbocycles. The number of imidazole rings is 1. The number of nitrogens with zero attached hydrogens (tertiary/aromatic N) is 4. The highest BCUT2D eigenvalue weighted by Crippen LogP contribution is 2.28. The van der Waals surface area contributed by atoms with E-state index in [0.29, 0.717) is 52.8 Å². The van der Waals surface area contributed by atoms with Crippen molar-refractivity contribution in [2.45, 2.75) is 6.42 Å². The van der Waals surface area contributed by atoms with Crippen LogP contribution >= 0.6 is 0 Å². The van der Waals surface area contributed by atoms with Gasteiger partial charge in [-0.3, -0.25) is 15.0 Å². The summed E-state index contributed by atoms with van der Waals surface area (Å²) in [4.78, 5) is 36.5. The van der Waals surface area contributed by atoms with Crippen molar-refractivity contribution >= 4 is 33.8 Å². The van der Waals surface area contributed by atoms with Gasteiger partial charge in [-0.25, -0.2) is 19.3 Å². The number of nitrogens with one attached hydrogen (secondary N) is 3. The molecule has 0 aliphatic carbocycles. The molecule has 5 aromatic rings. The minimum absolute atomic E-state index is 0.246. The van der Waals surface area contributed by atoms with Gasteiger partial charge in [-0.15, -0.1) is 0 Å². The van der Waals surface area contributed by atoms with Crippen LogP contribution in [0.15, 0.2) is 65.5 Å². The van der Waals surface area contributed by atoms with Crippen LogP contribution in [-0.2, 0) is 11.2 Å². The van der Waals surface area contributed by atoms with Gasteiger partial charge < -0.3 is 14.6 Å². The van der Waals surface area contributed by atoms with Crippen LogP contribution in [0.4, 0.5) is 15.1 Å². The molecule has 2 aromatic heterocycles. The number of carbonyl (C=O) groups excluding carboxylic acids is 1. The lowest BCUT2D eigenvalue weighted by atomic mass is 9.98. The second-order valence-corrected chi connectivity index (χ2v) is 10.3. The molecule has 1 saturated heterocycles. The van der Waals surface area contributed by atoms with Gasteiger partial charge in [0.15, 0.2) is 0 Å². The smallest absolute Gasteiger partial charge is 0.414 e. The Balaban J connectivity index is 1.15. The highest BCUT2D eigenvalue weighted by Gasteiger charge is 2.15. The number of piperazine rings is 1. The molecule has 3 aromatic carbocycles. The predicted octanol–water partition coefficient (Wildman–Crippen LogP) is 3.99. The van der Waals surface area contributed by atoms with Crippen LogP contribution in [0, 0.1) is 5.82 Å². The Bertz CT molecular complexity index is 1780. The second-order valence-electron chi connectivity index (χ2n) is 10.3. The first-order valence-corrected chi connectivity index (χ1v) is 13.5. The first-order chi connectivity index (χ1) is 19.9. The van der Waals surface area contributed by atoms with E-state index in [1.807, 2.05) is 18.2 Å². The Labute approximate surface area is 235 Å². The third-order valence-corrected chi connectivity index (χ3v) is 7.43. The summed E-state index contributed by atoms with van der Waals surface area (Å²) in [6, 6.07) is 17.6. The van der Waals surface area contributed by atoms with Crippen molar-refractivity contribution in [3.63, 3.8) is 0 Å². The zero-order chi connectivity index (χ0) is 28.3. The van der Waals surface area contributed by atoms with E-state index < -0.39 is 6.09 Å². The Hall–Kier alpha value is -4.61. The number of amides is 1. The number of halogens is 1. The van der Waals surface area contributed by atoms with E-state index >= 15 is 0 Å². The lowest BCUT2D eigenvalue weighted by molar-refractivity contribution is 0.111. The van der Waals surface area contributed by atoms with Crippen molar-refractivity contribution in [1.29, 1.82) is 0 Å². The molecule has 3 heterocycles. The largest absolute Gasteiger partial charge is 0.448 e. The van der Waals surface area contributed by atoms with E-state index in [0.717, 1.165) is 37.1 Å². The molecule has 0 atom stereocenters. The summed E-state index contributed by atoms with van der Waals surface area (Å²) >= 11 is 0. The van der Waals surface area contributed by atoms with Gasteiger partial charge in [0.05, 0.1) is 22.1 Å². The average molecular weight is 556 g/mol. The molecule has 41 heavy (non-hydrogen) atoms. The summed E-state index contributed by atoms with van der Waals surface area (Å²) in [5.74, 6) is -0.114. The van der Waals surface area contributed by atoms with Crippen molar-refractivity contribution in [3.8, 4) is 11.1 Å². The number of hydrogen-bond donors (Lipinski definition) is 3. The third kappa shape index (κ3) is 5.96. The average Bonchev–Trinajstić information content (AvgIpc) is 3.38. The number of benzene rings is 3. The number of aromatic amines is 2. The Morgan fingerprint density at radius 2 is 1.85 bits per heavy atom. The van der Waals surface area contributed by atoms with Crippen LogP contribution < -0.4 is 10.9 Å². The van der Waals surface area contributed by atoms with Crippen LogP contribution in [0.1, 0.15) is 11.3 Å². The number of fused-ring (bicyclic) bond motifs is 2. The zero-order valence-electron chi connectivity index (χ0n) is 22.6. The van der Waals surface area contributed by atoms with Gasteiger partial charge in [-0.05, 0) is 48.5 Å². The first kappa shape index (κ1) is 26.6. The summed E-state index contributed by atoms with van der Waals surface area (Å²) in [7, 11) is 2.10. The summed E-state index contributed by atoms with van der Waals surface area (Å²) in [5.41, 5.74) is 3.63. The number of ether oxygens (including phenoxy) is 1. The fourth-order valence-electron chi connectivity index (χ4n) is 5.11. The van der Waals surface area contributed by atoms with Gasteiger partial charge in [0.1, 0.15) is 12.4 Å². The summed E-state index contributed by atoms with van der Waals surface area (Å²) in [5, 5.41) is 10.8. The fraction of sp³-hybridized carbons (Fsp3) is 0.267. The molecule has 0 bridgehead atoms. The molecule has 0 spiro atoms. The Kier molecular flexibility index (Phi) is 7.45. The van der Waals surface area contributed by atoms with Crippen molar-refractivity contribution in [3.05, 3.63) is 88.1 Å². The molecule has 11 heteroatoms. The van der Waals surface area contributed by atoms with E-state index in [1.54, 1.807) is 36.4 Å². The molecule has 1 amide bonds. The maximum absolute atomic E-state index is 15.0. The Morgan fingerprint density at radius 1 is 1.05 bits per heavy atom. The van der Waals surface area contributed by atoms with Gasteiger partial charge in [0, 0.05) is 50.1 Å². The predicted molar refractivity (Wildman–Crippen MR) is 156 cm³/mol. The molecule has 6 rings (SSSR count). The van der Waals surface area contributed by atoms with E-state index in [-0.39, 0.29) is 17.3 Å². The van der Waals surface area contributed by atoms with E-state index in [2.05, 4.69) is 42.3 Å². The lowest BCUT2D eigenvalue weighted by Crippen LogP contribution is -2.45. The summed E-state index contributed by atoms with van der Waals surface area (Å²) in [6.07, 6.45) is -0.166. The molecule has 1 aliphatic heterocycles. The normalized spacial score (nSPS) is 14.5. The number of carbonyl (C=O) groups is 1. The maximum Gasteiger partial charge on any atom is 0.414 e. The van der Waals surface area contributed by atoms with Gasteiger partial charge in [-0.2, -0.15) is 5.10 Å². The van der Waals surface area contributed by atoms with Gasteiger partial charge in [0.2, 0.25) is 5.95 Å². The zero-order valence-corrected chi connectivity index (χ0v) is 22.6. The molecule has 210 valence electrons. The molecule has 0 unspecified atom stereocenters. The van der Waals surface area contributed by atoms with Gasteiger partial charge in [0.25, 0.3) is 5.56 Å². The molecular weight excluding hydrogens is 525 g/mol. The number of rotatable bonds is 7. The van der Waals surface area contributed by atoms with E-state index in [1.165, 1.54) is 6.07 Å². The minimum atomic E-state index is -0.583. The Morgan fingerprint density at radius 3 is 2.68 bits per heavy atom. The number of H-pyrrole nitrogens is 2. The quantitative estimate of drug-likeness (QED) is 0.278. The van der Waals surface area contributed by atoms with Crippen molar-refractivity contribution in [2.75, 3.05) is 51.7 Å². The first-order valence-electron chi connectivity index (χ1n) is 13.5. The molecule has 0 radical (unpaired) electrons. The standard InChI is InChI=1S/C30H30FN7O3/c1-37-10-12-38(13-11-37)14-15-41-30(40)34-29-32-25-9-7-20(18-27(25)33-29)23-16-19(6-8-24(23)31)17-26-21-4-2-3-5-22(21)28(39)36-35-26/h2-9,16,18H,10-15,17H2,1H3,(H,36,39)(H2,32,33,34,40). The molecule has 10 nitrogen and oxygen atoms in total. The third-order valence-electron chi connectivity index (χ3n) is 7.43. The molecule has 1 fully saturated rings. The van der Waals surface area contributed by atoms with Crippen LogP contribution in [0.3, 0.4) is 0 Å². The maximum atomic E-state index is 15.0. The highest BCUT2D eigenvalue weighted by molar-refractivity contribution is 5.88. The lowest BCUT2D eigenvalue weighted by Gasteiger charge is -2.31. The number of anilines is 1. The highest BCUT2D eigenvalue weighted by atomic mass is 19.1. The van der Waals surface area contributed by atoms with Crippen LogP contribution in [0.5, 0.6) is 0 Å². The number of likely N-dealkylation sites (N-methyl/N-ethyl adjacent to an activating group) is 1. The van der Waals surface area contributed by atoms with Gasteiger partial charge in [-0.1, -0.05) is 30.3 Å². The monoisotopic (exact) mass is 555 g/mol. The summed E-state index contributed by atoms with van der Waals surface area (Å²) < 4.78 is 20.3.